The van der Waals surface area contributed by atoms with Crippen LogP contribution in [0.15, 0.2) is 21.2 Å². The highest BCUT2D eigenvalue weighted by Crippen LogP contribution is 2.24. The minimum Gasteiger partial charge on any atom is -0.453 e. The summed E-state index contributed by atoms with van der Waals surface area (Å²) in [4.78, 5) is 0. The highest BCUT2D eigenvalue weighted by Gasteiger charge is 2.18. The lowest BCUT2D eigenvalue weighted by molar-refractivity contribution is 0.293. The fourth-order valence-corrected chi connectivity index (χ4v) is 2.65. The van der Waals surface area contributed by atoms with E-state index in [1.165, 1.54) is 25.7 Å². The second-order valence-corrected chi connectivity index (χ2v) is 5.34. The molecule has 2 nitrogen and oxygen atoms in total. The Kier molecular flexibility index (Phi) is 3.87. The molecule has 1 N–H and O–H groups in total. The Hall–Kier alpha value is -0.280. The van der Waals surface area contributed by atoms with Crippen LogP contribution in [0.4, 0.5) is 0 Å². The van der Waals surface area contributed by atoms with Crippen LogP contribution in [0.2, 0.25) is 0 Å². The molecule has 1 aliphatic carbocycles. The molecule has 0 amide bonds. The fraction of sp³-hybridized carbons (Fsp3) is 0.667. The Labute approximate surface area is 99.6 Å². The van der Waals surface area contributed by atoms with Gasteiger partial charge in [-0.15, -0.1) is 0 Å². The van der Waals surface area contributed by atoms with Crippen molar-refractivity contribution in [2.75, 3.05) is 0 Å². The molecule has 0 spiro atoms. The molecule has 1 saturated carbocycles. The number of furan rings is 1. The van der Waals surface area contributed by atoms with Gasteiger partial charge in [-0.25, -0.2) is 0 Å². The largest absolute Gasteiger partial charge is 0.453 e. The lowest BCUT2D eigenvalue weighted by atomic mass is 9.87. The van der Waals surface area contributed by atoms with Crippen molar-refractivity contribution in [3.63, 3.8) is 0 Å². The first-order valence-electron chi connectivity index (χ1n) is 5.71. The van der Waals surface area contributed by atoms with E-state index in [9.17, 15) is 0 Å². The van der Waals surface area contributed by atoms with Crippen molar-refractivity contribution >= 4 is 15.9 Å². The summed E-state index contributed by atoms with van der Waals surface area (Å²) >= 11 is 3.31. The lowest BCUT2D eigenvalue weighted by Gasteiger charge is -2.27. The van der Waals surface area contributed by atoms with Crippen LogP contribution in [0.5, 0.6) is 0 Å². The average Bonchev–Trinajstić information content (AvgIpc) is 2.62. The third-order valence-electron chi connectivity index (χ3n) is 3.13. The van der Waals surface area contributed by atoms with Crippen molar-refractivity contribution in [3.05, 3.63) is 22.6 Å². The van der Waals surface area contributed by atoms with Crippen molar-refractivity contribution in [1.29, 1.82) is 0 Å². The summed E-state index contributed by atoms with van der Waals surface area (Å²) in [5.41, 5.74) is 0. The van der Waals surface area contributed by atoms with Gasteiger partial charge in [0.15, 0.2) is 4.67 Å². The van der Waals surface area contributed by atoms with Crippen molar-refractivity contribution < 1.29 is 4.42 Å². The Morgan fingerprint density at radius 3 is 3.00 bits per heavy atom. The molecule has 1 aromatic rings. The summed E-state index contributed by atoms with van der Waals surface area (Å²) < 4.78 is 6.27. The van der Waals surface area contributed by atoms with E-state index in [0.717, 1.165) is 22.9 Å². The van der Waals surface area contributed by atoms with E-state index in [1.807, 2.05) is 12.1 Å². The molecule has 0 aliphatic heterocycles. The molecule has 3 heteroatoms. The minimum absolute atomic E-state index is 0.678. The predicted octanol–water partition coefficient (Wildman–Crippen LogP) is 3.71. The van der Waals surface area contributed by atoms with Crippen LogP contribution in [0.1, 0.15) is 38.4 Å². The molecule has 15 heavy (non-hydrogen) atoms. The summed E-state index contributed by atoms with van der Waals surface area (Å²) in [5.74, 6) is 1.89. The van der Waals surface area contributed by atoms with Gasteiger partial charge in [-0.1, -0.05) is 19.8 Å². The Morgan fingerprint density at radius 1 is 1.47 bits per heavy atom. The number of rotatable bonds is 3. The Bertz CT molecular complexity index is 310. The summed E-state index contributed by atoms with van der Waals surface area (Å²) in [6, 6.07) is 4.64. The van der Waals surface area contributed by atoms with Gasteiger partial charge >= 0.3 is 0 Å². The zero-order valence-electron chi connectivity index (χ0n) is 9.13. The van der Waals surface area contributed by atoms with Crippen LogP contribution in [0.25, 0.3) is 0 Å². The third-order valence-corrected chi connectivity index (χ3v) is 3.56. The van der Waals surface area contributed by atoms with Gasteiger partial charge in [0.2, 0.25) is 0 Å². The maximum Gasteiger partial charge on any atom is 0.169 e. The maximum atomic E-state index is 5.46. The molecular formula is C12H18BrNO. The van der Waals surface area contributed by atoms with Crippen LogP contribution < -0.4 is 5.32 Å². The first-order valence-corrected chi connectivity index (χ1v) is 6.51. The van der Waals surface area contributed by atoms with E-state index in [2.05, 4.69) is 28.2 Å². The molecule has 1 aliphatic rings. The fourth-order valence-electron chi connectivity index (χ4n) is 2.31. The Balaban J connectivity index is 1.77. The smallest absolute Gasteiger partial charge is 0.169 e. The average molecular weight is 272 g/mol. The maximum absolute atomic E-state index is 5.46. The second kappa shape index (κ2) is 5.17. The molecule has 2 unspecified atom stereocenters. The Morgan fingerprint density at radius 2 is 2.33 bits per heavy atom. The highest BCUT2D eigenvalue weighted by atomic mass is 79.9. The van der Waals surface area contributed by atoms with Crippen molar-refractivity contribution in [1.82, 2.24) is 5.32 Å². The van der Waals surface area contributed by atoms with Crippen molar-refractivity contribution in [2.24, 2.45) is 5.92 Å². The highest BCUT2D eigenvalue weighted by molar-refractivity contribution is 9.10. The van der Waals surface area contributed by atoms with Crippen LogP contribution in [-0.4, -0.2) is 6.04 Å². The number of hydrogen-bond acceptors (Lipinski definition) is 2. The van der Waals surface area contributed by atoms with Gasteiger partial charge < -0.3 is 9.73 Å². The van der Waals surface area contributed by atoms with Crippen LogP contribution in [0, 0.1) is 5.92 Å². The van der Waals surface area contributed by atoms with Gasteiger partial charge in [0.25, 0.3) is 0 Å². The topological polar surface area (TPSA) is 25.2 Å². The van der Waals surface area contributed by atoms with Crippen molar-refractivity contribution in [3.8, 4) is 0 Å². The van der Waals surface area contributed by atoms with Crippen LogP contribution in [-0.2, 0) is 6.54 Å². The van der Waals surface area contributed by atoms with E-state index in [4.69, 9.17) is 4.42 Å². The molecule has 2 rings (SSSR count). The number of halogens is 1. The summed E-state index contributed by atoms with van der Waals surface area (Å²) in [7, 11) is 0. The molecular weight excluding hydrogens is 254 g/mol. The van der Waals surface area contributed by atoms with E-state index >= 15 is 0 Å². The van der Waals surface area contributed by atoms with Crippen LogP contribution in [0.3, 0.4) is 0 Å². The van der Waals surface area contributed by atoms with Gasteiger partial charge in [0, 0.05) is 6.04 Å². The third kappa shape index (κ3) is 3.35. The van der Waals surface area contributed by atoms with Crippen LogP contribution >= 0.6 is 15.9 Å². The molecule has 1 aromatic heterocycles. The standard InChI is InChI=1S/C12H18BrNO/c1-9-3-2-4-10(7-9)14-8-11-5-6-12(13)15-11/h5-6,9-10,14H,2-4,7-8H2,1H3. The predicted molar refractivity (Wildman–Crippen MR) is 64.7 cm³/mol. The van der Waals surface area contributed by atoms with E-state index < -0.39 is 0 Å². The SMILES string of the molecule is CC1CCCC(NCc2ccc(Br)o2)C1. The zero-order chi connectivity index (χ0) is 10.7. The number of nitrogens with one attached hydrogen (secondary N) is 1. The second-order valence-electron chi connectivity index (χ2n) is 4.56. The number of hydrogen-bond donors (Lipinski definition) is 1. The monoisotopic (exact) mass is 271 g/mol. The molecule has 0 saturated heterocycles. The lowest BCUT2D eigenvalue weighted by Crippen LogP contribution is -2.32. The van der Waals surface area contributed by atoms with Gasteiger partial charge in [0.05, 0.1) is 6.54 Å². The van der Waals surface area contributed by atoms with E-state index in [-0.39, 0.29) is 0 Å². The normalized spacial score (nSPS) is 26.8. The first kappa shape index (κ1) is 11.2. The molecule has 84 valence electrons. The summed E-state index contributed by atoms with van der Waals surface area (Å²) in [6.45, 7) is 3.19. The van der Waals surface area contributed by atoms with Gasteiger partial charge in [-0.3, -0.25) is 0 Å². The molecule has 0 bridgehead atoms. The summed E-state index contributed by atoms with van der Waals surface area (Å²) in [5, 5.41) is 3.57. The van der Waals surface area contributed by atoms with E-state index in [0.29, 0.717) is 6.04 Å². The molecule has 1 heterocycles. The van der Waals surface area contributed by atoms with Gasteiger partial charge in [0.1, 0.15) is 5.76 Å². The first-order chi connectivity index (χ1) is 7.24. The zero-order valence-corrected chi connectivity index (χ0v) is 10.7. The minimum atomic E-state index is 0.678. The van der Waals surface area contributed by atoms with Gasteiger partial charge in [-0.2, -0.15) is 0 Å². The van der Waals surface area contributed by atoms with Crippen molar-refractivity contribution in [2.45, 2.75) is 45.2 Å². The molecule has 0 aromatic carbocycles. The quantitative estimate of drug-likeness (QED) is 0.907. The molecule has 2 atom stereocenters. The van der Waals surface area contributed by atoms with E-state index in [1.54, 1.807) is 0 Å². The van der Waals surface area contributed by atoms with Gasteiger partial charge in [-0.05, 0) is 46.8 Å². The molecule has 0 radical (unpaired) electrons. The molecule has 1 fully saturated rings. The summed E-state index contributed by atoms with van der Waals surface area (Å²) in [6.07, 6.45) is 5.37.